The molecular formula is C7H12F3I. The van der Waals surface area contributed by atoms with Crippen molar-refractivity contribution in [2.45, 2.75) is 32.4 Å². The van der Waals surface area contributed by atoms with Gasteiger partial charge in [0.05, 0.1) is 5.92 Å². The second-order valence-corrected chi connectivity index (χ2v) is 3.42. The largest absolute Gasteiger partial charge is 0.392 e. The van der Waals surface area contributed by atoms with Gasteiger partial charge in [-0.3, -0.25) is 0 Å². The van der Waals surface area contributed by atoms with Gasteiger partial charge in [0.2, 0.25) is 0 Å². The van der Waals surface area contributed by atoms with Crippen molar-refractivity contribution in [2.24, 2.45) is 5.92 Å². The predicted molar refractivity (Wildman–Crippen MR) is 48.0 cm³/mol. The Hall–Kier alpha value is 0.520. The first-order valence-corrected chi connectivity index (χ1v) is 5.17. The van der Waals surface area contributed by atoms with Crippen LogP contribution in [-0.2, 0) is 0 Å². The van der Waals surface area contributed by atoms with E-state index in [1.54, 1.807) is 22.6 Å². The van der Waals surface area contributed by atoms with Crippen molar-refractivity contribution in [3.05, 3.63) is 0 Å². The van der Waals surface area contributed by atoms with E-state index in [-0.39, 0.29) is 10.8 Å². The van der Waals surface area contributed by atoms with Crippen LogP contribution in [0.3, 0.4) is 0 Å². The lowest BCUT2D eigenvalue weighted by atomic mass is 10.0. The number of unbranched alkanes of at least 4 members (excludes halogenated alkanes) is 1. The van der Waals surface area contributed by atoms with Gasteiger partial charge >= 0.3 is 6.18 Å². The second kappa shape index (κ2) is 5.22. The van der Waals surface area contributed by atoms with Crippen molar-refractivity contribution >= 4 is 22.6 Å². The molecular weight excluding hydrogens is 268 g/mol. The maximum Gasteiger partial charge on any atom is 0.392 e. The monoisotopic (exact) mass is 280 g/mol. The van der Waals surface area contributed by atoms with Crippen molar-refractivity contribution in [2.75, 3.05) is 4.43 Å². The number of hydrogen-bond donors (Lipinski definition) is 0. The van der Waals surface area contributed by atoms with Crippen LogP contribution in [0.5, 0.6) is 0 Å². The highest BCUT2D eigenvalue weighted by Gasteiger charge is 2.37. The molecule has 0 N–H and O–H groups in total. The van der Waals surface area contributed by atoms with Crippen LogP contribution in [0.15, 0.2) is 0 Å². The van der Waals surface area contributed by atoms with Crippen molar-refractivity contribution in [1.29, 1.82) is 0 Å². The summed E-state index contributed by atoms with van der Waals surface area (Å²) in [6.45, 7) is 1.90. The fraction of sp³-hybridized carbons (Fsp3) is 1.00. The van der Waals surface area contributed by atoms with Crippen LogP contribution in [0.2, 0.25) is 0 Å². The molecule has 1 atom stereocenters. The smallest absolute Gasteiger partial charge is 0.171 e. The molecule has 11 heavy (non-hydrogen) atoms. The molecule has 0 aromatic heterocycles. The van der Waals surface area contributed by atoms with Gasteiger partial charge in [0.1, 0.15) is 0 Å². The summed E-state index contributed by atoms with van der Waals surface area (Å²) in [6, 6.07) is 0. The molecule has 0 aliphatic carbocycles. The minimum atomic E-state index is -3.99. The molecule has 68 valence electrons. The van der Waals surface area contributed by atoms with E-state index in [1.807, 2.05) is 6.92 Å². The first kappa shape index (κ1) is 11.5. The van der Waals surface area contributed by atoms with Gasteiger partial charge in [-0.05, 0) is 6.42 Å². The van der Waals surface area contributed by atoms with E-state index in [0.29, 0.717) is 6.42 Å². The van der Waals surface area contributed by atoms with Gasteiger partial charge in [-0.2, -0.15) is 13.2 Å². The fourth-order valence-electron chi connectivity index (χ4n) is 0.779. The Morgan fingerprint density at radius 1 is 1.36 bits per heavy atom. The van der Waals surface area contributed by atoms with Crippen molar-refractivity contribution in [3.63, 3.8) is 0 Å². The van der Waals surface area contributed by atoms with E-state index in [0.717, 1.165) is 6.42 Å². The highest BCUT2D eigenvalue weighted by molar-refractivity contribution is 14.1. The van der Waals surface area contributed by atoms with E-state index in [1.165, 1.54) is 0 Å². The van der Waals surface area contributed by atoms with E-state index in [2.05, 4.69) is 0 Å². The molecule has 0 aliphatic heterocycles. The normalized spacial score (nSPS) is 15.0. The minimum Gasteiger partial charge on any atom is -0.171 e. The van der Waals surface area contributed by atoms with Crippen LogP contribution in [0.1, 0.15) is 26.2 Å². The summed E-state index contributed by atoms with van der Waals surface area (Å²) < 4.78 is 36.3. The van der Waals surface area contributed by atoms with Crippen LogP contribution < -0.4 is 0 Å². The molecule has 0 saturated heterocycles. The first-order chi connectivity index (χ1) is 5.02. The standard InChI is InChI=1S/C7H12F3I/c1-2-3-4-6(5-11)7(8,9)10/h6H,2-5H2,1H3. The Bertz CT molecular complexity index is 100. The molecule has 0 bridgehead atoms. The van der Waals surface area contributed by atoms with Crippen LogP contribution >= 0.6 is 22.6 Å². The Kier molecular flexibility index (Phi) is 5.46. The third kappa shape index (κ3) is 4.87. The second-order valence-electron chi connectivity index (χ2n) is 2.54. The van der Waals surface area contributed by atoms with Crippen LogP contribution in [0.25, 0.3) is 0 Å². The first-order valence-electron chi connectivity index (χ1n) is 3.65. The molecule has 0 aliphatic rings. The number of rotatable bonds is 4. The molecule has 0 aromatic carbocycles. The van der Waals surface area contributed by atoms with Gasteiger partial charge in [0.15, 0.2) is 0 Å². The SMILES string of the molecule is CCCCC(CI)C(F)(F)F. The van der Waals surface area contributed by atoms with E-state index >= 15 is 0 Å². The zero-order valence-electron chi connectivity index (χ0n) is 6.42. The van der Waals surface area contributed by atoms with Crippen LogP contribution in [0.4, 0.5) is 13.2 Å². The van der Waals surface area contributed by atoms with E-state index in [4.69, 9.17) is 0 Å². The summed E-state index contributed by atoms with van der Waals surface area (Å²) in [5, 5.41) is 0. The molecule has 0 heterocycles. The summed E-state index contributed by atoms with van der Waals surface area (Å²) in [5.41, 5.74) is 0. The van der Waals surface area contributed by atoms with Gasteiger partial charge < -0.3 is 0 Å². The summed E-state index contributed by atoms with van der Waals surface area (Å²) in [4.78, 5) is 0. The average molecular weight is 280 g/mol. The van der Waals surface area contributed by atoms with E-state index < -0.39 is 12.1 Å². The van der Waals surface area contributed by atoms with Crippen molar-refractivity contribution in [1.82, 2.24) is 0 Å². The van der Waals surface area contributed by atoms with Gasteiger partial charge in [-0.25, -0.2) is 0 Å². The summed E-state index contributed by atoms with van der Waals surface area (Å²) in [6.07, 6.45) is -2.20. The highest BCUT2D eigenvalue weighted by Crippen LogP contribution is 2.31. The van der Waals surface area contributed by atoms with Gasteiger partial charge in [-0.1, -0.05) is 42.4 Å². The summed E-state index contributed by atoms with van der Waals surface area (Å²) in [7, 11) is 0. The Morgan fingerprint density at radius 2 is 1.91 bits per heavy atom. The molecule has 1 unspecified atom stereocenters. The van der Waals surface area contributed by atoms with Crippen LogP contribution in [-0.4, -0.2) is 10.6 Å². The zero-order chi connectivity index (χ0) is 8.91. The lowest BCUT2D eigenvalue weighted by Crippen LogP contribution is -2.23. The Morgan fingerprint density at radius 3 is 2.18 bits per heavy atom. The molecule has 4 heteroatoms. The number of alkyl halides is 4. The molecule has 0 spiro atoms. The third-order valence-electron chi connectivity index (χ3n) is 1.56. The maximum absolute atomic E-state index is 12.0. The molecule has 0 radical (unpaired) electrons. The topological polar surface area (TPSA) is 0 Å². The predicted octanol–water partition coefficient (Wildman–Crippen LogP) is 3.79. The molecule has 0 fully saturated rings. The maximum atomic E-state index is 12.0. The zero-order valence-corrected chi connectivity index (χ0v) is 8.58. The quantitative estimate of drug-likeness (QED) is 0.543. The lowest BCUT2D eigenvalue weighted by Gasteiger charge is -2.16. The highest BCUT2D eigenvalue weighted by atomic mass is 127. The van der Waals surface area contributed by atoms with E-state index in [9.17, 15) is 13.2 Å². The number of hydrogen-bond acceptors (Lipinski definition) is 0. The summed E-state index contributed by atoms with van der Waals surface area (Å²) >= 11 is 1.79. The molecule has 0 amide bonds. The minimum absolute atomic E-state index is 0.182. The lowest BCUT2D eigenvalue weighted by molar-refractivity contribution is -0.169. The van der Waals surface area contributed by atoms with Crippen molar-refractivity contribution < 1.29 is 13.2 Å². The summed E-state index contributed by atoms with van der Waals surface area (Å²) in [5.74, 6) is -1.09. The Balaban J connectivity index is 3.76. The molecule has 0 nitrogen and oxygen atoms in total. The molecule has 0 aromatic rings. The number of halogens is 4. The van der Waals surface area contributed by atoms with Gasteiger partial charge in [0.25, 0.3) is 0 Å². The van der Waals surface area contributed by atoms with Gasteiger partial charge in [-0.15, -0.1) is 0 Å². The average Bonchev–Trinajstić information content (AvgIpc) is 1.87. The van der Waals surface area contributed by atoms with Crippen LogP contribution in [0, 0.1) is 5.92 Å². The Labute approximate surface area is 78.7 Å². The molecule has 0 rings (SSSR count). The fourth-order valence-corrected chi connectivity index (χ4v) is 1.72. The van der Waals surface area contributed by atoms with Crippen molar-refractivity contribution in [3.8, 4) is 0 Å². The third-order valence-corrected chi connectivity index (χ3v) is 2.62. The molecule has 0 saturated carbocycles. The van der Waals surface area contributed by atoms with Gasteiger partial charge in [0, 0.05) is 4.43 Å².